The molecule has 2 aromatic rings. The molecule has 1 fully saturated rings. The summed E-state index contributed by atoms with van der Waals surface area (Å²) in [5.41, 5.74) is 2.83. The van der Waals surface area contributed by atoms with Crippen molar-refractivity contribution in [1.29, 1.82) is 0 Å². The standard InChI is InChI=1S/C20H25NO2/c1-14(2)20(10-4-5-11-20)19(22)21-18-8-6-16(7-9-18)17-12-15(3)23-13-17/h6-9,12-14H,4-5,10-11H2,1-3H3,(H,21,22). The number of nitrogens with one attached hydrogen (secondary N) is 1. The molecule has 3 heteroatoms. The van der Waals surface area contributed by atoms with Crippen LogP contribution in [-0.2, 0) is 4.79 Å². The minimum atomic E-state index is -0.194. The molecule has 1 aliphatic carbocycles. The number of rotatable bonds is 4. The summed E-state index contributed by atoms with van der Waals surface area (Å²) < 4.78 is 5.35. The lowest BCUT2D eigenvalue weighted by molar-refractivity contribution is -0.127. The number of carbonyl (C=O) groups is 1. The Bertz CT molecular complexity index is 676. The van der Waals surface area contributed by atoms with Gasteiger partial charge < -0.3 is 9.73 Å². The molecule has 3 rings (SSSR count). The Morgan fingerprint density at radius 2 is 1.78 bits per heavy atom. The first kappa shape index (κ1) is 15.9. The highest BCUT2D eigenvalue weighted by molar-refractivity contribution is 5.95. The van der Waals surface area contributed by atoms with Gasteiger partial charge in [0.25, 0.3) is 0 Å². The summed E-state index contributed by atoms with van der Waals surface area (Å²) in [7, 11) is 0. The van der Waals surface area contributed by atoms with Crippen molar-refractivity contribution in [3.05, 3.63) is 42.4 Å². The van der Waals surface area contributed by atoms with Gasteiger partial charge in [-0.3, -0.25) is 4.79 Å². The summed E-state index contributed by atoms with van der Waals surface area (Å²) in [6.45, 7) is 6.26. The van der Waals surface area contributed by atoms with Gasteiger partial charge in [-0.25, -0.2) is 0 Å². The Labute approximate surface area is 138 Å². The van der Waals surface area contributed by atoms with Gasteiger partial charge in [0.05, 0.1) is 11.7 Å². The fraction of sp³-hybridized carbons (Fsp3) is 0.450. The molecule has 0 spiro atoms. The monoisotopic (exact) mass is 311 g/mol. The van der Waals surface area contributed by atoms with E-state index in [0.717, 1.165) is 48.3 Å². The van der Waals surface area contributed by atoms with Crippen LogP contribution in [0.15, 0.2) is 41.0 Å². The van der Waals surface area contributed by atoms with Crippen LogP contribution >= 0.6 is 0 Å². The lowest BCUT2D eigenvalue weighted by Gasteiger charge is -2.31. The molecule has 1 aromatic carbocycles. The van der Waals surface area contributed by atoms with Gasteiger partial charge in [0.2, 0.25) is 5.91 Å². The number of furan rings is 1. The van der Waals surface area contributed by atoms with Crippen LogP contribution in [0.5, 0.6) is 0 Å². The van der Waals surface area contributed by atoms with E-state index in [1.807, 2.05) is 37.3 Å². The fourth-order valence-corrected chi connectivity index (χ4v) is 3.67. The average Bonchev–Trinajstić information content (AvgIpc) is 3.17. The van der Waals surface area contributed by atoms with Gasteiger partial charge in [0.1, 0.15) is 5.76 Å². The lowest BCUT2D eigenvalue weighted by Crippen LogP contribution is -2.38. The molecule has 0 bridgehead atoms. The van der Waals surface area contributed by atoms with E-state index in [0.29, 0.717) is 5.92 Å². The maximum atomic E-state index is 12.8. The molecule has 1 amide bonds. The molecule has 1 aliphatic rings. The zero-order valence-corrected chi connectivity index (χ0v) is 14.2. The molecule has 0 aliphatic heterocycles. The third kappa shape index (κ3) is 3.05. The van der Waals surface area contributed by atoms with Crippen molar-refractivity contribution >= 4 is 11.6 Å². The van der Waals surface area contributed by atoms with Crippen LogP contribution < -0.4 is 5.32 Å². The van der Waals surface area contributed by atoms with Crippen LogP contribution in [0, 0.1) is 18.3 Å². The number of hydrogen-bond acceptors (Lipinski definition) is 2. The molecule has 1 aromatic heterocycles. The lowest BCUT2D eigenvalue weighted by atomic mass is 9.75. The highest BCUT2D eigenvalue weighted by Gasteiger charge is 2.43. The molecule has 0 saturated heterocycles. The van der Waals surface area contributed by atoms with Crippen molar-refractivity contribution in [3.8, 4) is 11.1 Å². The number of carbonyl (C=O) groups excluding carboxylic acids is 1. The van der Waals surface area contributed by atoms with Gasteiger partial charge in [-0.2, -0.15) is 0 Å². The molecule has 1 heterocycles. The van der Waals surface area contributed by atoms with E-state index < -0.39 is 0 Å². The zero-order chi connectivity index (χ0) is 16.4. The van der Waals surface area contributed by atoms with Crippen molar-refractivity contribution in [1.82, 2.24) is 0 Å². The molecule has 0 unspecified atom stereocenters. The van der Waals surface area contributed by atoms with Crippen LogP contribution in [-0.4, -0.2) is 5.91 Å². The minimum Gasteiger partial charge on any atom is -0.469 e. The fourth-order valence-electron chi connectivity index (χ4n) is 3.67. The second-order valence-electron chi connectivity index (χ2n) is 7.00. The Morgan fingerprint density at radius 1 is 1.13 bits per heavy atom. The molecule has 23 heavy (non-hydrogen) atoms. The van der Waals surface area contributed by atoms with E-state index in [-0.39, 0.29) is 11.3 Å². The van der Waals surface area contributed by atoms with E-state index in [1.54, 1.807) is 6.26 Å². The second kappa shape index (κ2) is 6.23. The van der Waals surface area contributed by atoms with Crippen molar-refractivity contribution < 1.29 is 9.21 Å². The summed E-state index contributed by atoms with van der Waals surface area (Å²) >= 11 is 0. The van der Waals surface area contributed by atoms with Crippen molar-refractivity contribution in [2.24, 2.45) is 11.3 Å². The number of amides is 1. The molecular formula is C20H25NO2. The first-order valence-electron chi connectivity index (χ1n) is 8.48. The summed E-state index contributed by atoms with van der Waals surface area (Å²) in [6.07, 6.45) is 6.08. The van der Waals surface area contributed by atoms with Gasteiger partial charge in [-0.05, 0) is 49.4 Å². The van der Waals surface area contributed by atoms with Crippen LogP contribution in [0.25, 0.3) is 11.1 Å². The zero-order valence-electron chi connectivity index (χ0n) is 14.2. The Hall–Kier alpha value is -2.03. The van der Waals surface area contributed by atoms with E-state index >= 15 is 0 Å². The highest BCUT2D eigenvalue weighted by atomic mass is 16.3. The summed E-state index contributed by atoms with van der Waals surface area (Å²) in [5, 5.41) is 3.13. The SMILES string of the molecule is Cc1cc(-c2ccc(NC(=O)C3(C(C)C)CCCC3)cc2)co1. The maximum absolute atomic E-state index is 12.8. The normalized spacial score (nSPS) is 16.7. The van der Waals surface area contributed by atoms with Crippen LogP contribution in [0.3, 0.4) is 0 Å². The van der Waals surface area contributed by atoms with Crippen LogP contribution in [0.4, 0.5) is 5.69 Å². The number of hydrogen-bond donors (Lipinski definition) is 1. The predicted octanol–water partition coefficient (Wildman–Crippen LogP) is 5.41. The van der Waals surface area contributed by atoms with Crippen molar-refractivity contribution in [2.45, 2.75) is 46.5 Å². The molecule has 122 valence electrons. The quantitative estimate of drug-likeness (QED) is 0.820. The first-order chi connectivity index (χ1) is 11.0. The van der Waals surface area contributed by atoms with Crippen molar-refractivity contribution in [2.75, 3.05) is 5.32 Å². The van der Waals surface area contributed by atoms with Crippen molar-refractivity contribution in [3.63, 3.8) is 0 Å². The topological polar surface area (TPSA) is 42.2 Å². The number of anilines is 1. The maximum Gasteiger partial charge on any atom is 0.230 e. The second-order valence-corrected chi connectivity index (χ2v) is 7.00. The van der Waals surface area contributed by atoms with E-state index in [9.17, 15) is 4.79 Å². The number of benzene rings is 1. The number of aryl methyl sites for hydroxylation is 1. The molecule has 1 saturated carbocycles. The minimum absolute atomic E-state index is 0.178. The Morgan fingerprint density at radius 3 is 2.30 bits per heavy atom. The van der Waals surface area contributed by atoms with E-state index in [1.165, 1.54) is 0 Å². The van der Waals surface area contributed by atoms with Crippen LogP contribution in [0.2, 0.25) is 0 Å². The van der Waals surface area contributed by atoms with Gasteiger partial charge in [-0.15, -0.1) is 0 Å². The van der Waals surface area contributed by atoms with Crippen LogP contribution in [0.1, 0.15) is 45.3 Å². The molecule has 1 N–H and O–H groups in total. The van der Waals surface area contributed by atoms with Gasteiger partial charge in [0.15, 0.2) is 0 Å². The molecule has 3 nitrogen and oxygen atoms in total. The summed E-state index contributed by atoms with van der Waals surface area (Å²) in [4.78, 5) is 12.8. The third-order valence-corrected chi connectivity index (χ3v) is 5.26. The summed E-state index contributed by atoms with van der Waals surface area (Å²) in [5.74, 6) is 1.45. The van der Waals surface area contributed by atoms with E-state index in [4.69, 9.17) is 4.42 Å². The summed E-state index contributed by atoms with van der Waals surface area (Å²) in [6, 6.07) is 10.0. The van der Waals surface area contributed by atoms with Gasteiger partial charge in [-0.1, -0.05) is 38.8 Å². The first-order valence-corrected chi connectivity index (χ1v) is 8.48. The smallest absolute Gasteiger partial charge is 0.230 e. The van der Waals surface area contributed by atoms with E-state index in [2.05, 4.69) is 19.2 Å². The third-order valence-electron chi connectivity index (χ3n) is 5.26. The molecular weight excluding hydrogens is 286 g/mol. The highest BCUT2D eigenvalue weighted by Crippen LogP contribution is 2.45. The largest absolute Gasteiger partial charge is 0.469 e. The Balaban J connectivity index is 1.74. The van der Waals surface area contributed by atoms with Gasteiger partial charge in [0, 0.05) is 11.3 Å². The average molecular weight is 311 g/mol. The predicted molar refractivity (Wildman–Crippen MR) is 93.2 cm³/mol. The Kier molecular flexibility index (Phi) is 4.29. The van der Waals surface area contributed by atoms with Gasteiger partial charge >= 0.3 is 0 Å². The molecule has 0 radical (unpaired) electrons. The molecule has 0 atom stereocenters.